The highest BCUT2D eigenvalue weighted by atomic mass is 127. The molecule has 0 atom stereocenters. The van der Waals surface area contributed by atoms with Crippen LogP contribution in [0.2, 0.25) is 0 Å². The molecule has 0 saturated carbocycles. The number of nitrogens with one attached hydrogen (secondary N) is 1. The zero-order valence-corrected chi connectivity index (χ0v) is 13.9. The van der Waals surface area contributed by atoms with Crippen LogP contribution in [0.15, 0.2) is 6.20 Å². The molecule has 0 aliphatic carbocycles. The van der Waals surface area contributed by atoms with Crippen LogP contribution in [0.1, 0.15) is 39.9 Å². The first-order valence-corrected chi connectivity index (χ1v) is 7.88. The lowest BCUT2D eigenvalue weighted by molar-refractivity contribution is 0.800. The zero-order chi connectivity index (χ0) is 12.9. The average molecular weight is 365 g/mol. The Bertz CT molecular complexity index is 363. The summed E-state index contributed by atoms with van der Waals surface area (Å²) >= 11 is 4.14. The van der Waals surface area contributed by atoms with E-state index in [0.29, 0.717) is 0 Å². The molecule has 1 aromatic rings. The number of hydrogen-bond acceptors (Lipinski definition) is 4. The van der Waals surface area contributed by atoms with Crippen molar-refractivity contribution in [3.05, 3.63) is 15.6 Å². The maximum absolute atomic E-state index is 4.56. The summed E-state index contributed by atoms with van der Waals surface area (Å²) in [7, 11) is 0. The maximum atomic E-state index is 4.56. The van der Waals surface area contributed by atoms with Crippen molar-refractivity contribution in [2.24, 2.45) is 0 Å². The van der Waals surface area contributed by atoms with E-state index in [1.54, 1.807) is 0 Å². The van der Waals surface area contributed by atoms with E-state index < -0.39 is 0 Å². The fourth-order valence-electron chi connectivity index (χ4n) is 1.12. The van der Waals surface area contributed by atoms with Crippen molar-refractivity contribution in [1.82, 2.24) is 9.97 Å². The minimum absolute atomic E-state index is 0.253. The Morgan fingerprint density at radius 1 is 1.41 bits per heavy atom. The number of nitrogens with zero attached hydrogens (tertiary/aromatic N) is 2. The van der Waals surface area contributed by atoms with E-state index in [9.17, 15) is 0 Å². The third kappa shape index (κ3) is 5.90. The van der Waals surface area contributed by atoms with Gasteiger partial charge >= 0.3 is 0 Å². The molecular formula is C12H20IN3S. The molecule has 1 N–H and O–H groups in total. The number of hydrogen-bond donors (Lipinski definition) is 1. The Morgan fingerprint density at radius 2 is 2.12 bits per heavy atom. The Balaban J connectivity index is 2.67. The summed E-state index contributed by atoms with van der Waals surface area (Å²) in [6.45, 7) is 9.73. The molecule has 0 aromatic carbocycles. The smallest absolute Gasteiger partial charge is 0.143 e. The standard InChI is InChI=1S/C12H20IN3S/c1-5-6-14-11-9(13)7-15-10(16-11)8-17-12(2,3)4/h7H,5-6,8H2,1-4H3,(H,14,15,16). The van der Waals surface area contributed by atoms with Crippen LogP contribution in [0.3, 0.4) is 0 Å². The van der Waals surface area contributed by atoms with Gasteiger partial charge in [-0.25, -0.2) is 9.97 Å². The van der Waals surface area contributed by atoms with Crippen LogP contribution in [-0.2, 0) is 5.75 Å². The largest absolute Gasteiger partial charge is 0.369 e. The van der Waals surface area contributed by atoms with E-state index in [4.69, 9.17) is 0 Å². The molecule has 3 nitrogen and oxygen atoms in total. The number of halogens is 1. The molecule has 0 saturated heterocycles. The first-order valence-electron chi connectivity index (χ1n) is 5.81. The van der Waals surface area contributed by atoms with Crippen LogP contribution in [0.25, 0.3) is 0 Å². The van der Waals surface area contributed by atoms with E-state index in [1.807, 2.05) is 18.0 Å². The van der Waals surface area contributed by atoms with Gasteiger partial charge in [-0.2, -0.15) is 0 Å². The average Bonchev–Trinajstić information content (AvgIpc) is 2.25. The van der Waals surface area contributed by atoms with Gasteiger partial charge in [0.05, 0.1) is 9.32 Å². The van der Waals surface area contributed by atoms with Gasteiger partial charge in [0.25, 0.3) is 0 Å². The van der Waals surface area contributed by atoms with Crippen LogP contribution in [0.5, 0.6) is 0 Å². The van der Waals surface area contributed by atoms with Gasteiger partial charge in [0.15, 0.2) is 0 Å². The van der Waals surface area contributed by atoms with E-state index in [0.717, 1.165) is 33.9 Å². The molecule has 0 aliphatic heterocycles. The van der Waals surface area contributed by atoms with Crippen molar-refractivity contribution in [1.29, 1.82) is 0 Å². The van der Waals surface area contributed by atoms with Gasteiger partial charge in [0, 0.05) is 17.5 Å². The third-order valence-corrected chi connectivity index (χ3v) is 4.03. The normalized spacial score (nSPS) is 11.6. The lowest BCUT2D eigenvalue weighted by Gasteiger charge is -2.17. The number of thioether (sulfide) groups is 1. The van der Waals surface area contributed by atoms with Crippen LogP contribution in [-0.4, -0.2) is 21.3 Å². The summed E-state index contributed by atoms with van der Waals surface area (Å²) in [6, 6.07) is 0. The summed E-state index contributed by atoms with van der Waals surface area (Å²) in [4.78, 5) is 8.93. The minimum Gasteiger partial charge on any atom is -0.369 e. The van der Waals surface area contributed by atoms with Gasteiger partial charge in [-0.3, -0.25) is 0 Å². The van der Waals surface area contributed by atoms with Crippen molar-refractivity contribution in [2.45, 2.75) is 44.6 Å². The fraction of sp³-hybridized carbons (Fsp3) is 0.667. The Morgan fingerprint density at radius 3 is 2.71 bits per heavy atom. The summed E-state index contributed by atoms with van der Waals surface area (Å²) in [5.74, 6) is 2.73. The Labute approximate surface area is 122 Å². The molecule has 0 fully saturated rings. The highest BCUT2D eigenvalue weighted by molar-refractivity contribution is 14.1. The second-order valence-corrected chi connectivity index (χ2v) is 7.77. The molecule has 1 aromatic heterocycles. The van der Waals surface area contributed by atoms with Gasteiger partial charge in [0.2, 0.25) is 0 Å². The topological polar surface area (TPSA) is 37.8 Å². The molecule has 96 valence electrons. The molecule has 1 heterocycles. The molecule has 0 amide bonds. The summed E-state index contributed by atoms with van der Waals surface area (Å²) in [6.07, 6.45) is 3.00. The number of rotatable bonds is 5. The maximum Gasteiger partial charge on any atom is 0.143 e. The molecule has 0 aliphatic rings. The van der Waals surface area contributed by atoms with Gasteiger partial charge < -0.3 is 5.32 Å². The van der Waals surface area contributed by atoms with E-state index in [1.165, 1.54) is 0 Å². The lowest BCUT2D eigenvalue weighted by Crippen LogP contribution is -2.10. The minimum atomic E-state index is 0.253. The van der Waals surface area contributed by atoms with Crippen LogP contribution in [0.4, 0.5) is 5.82 Å². The quantitative estimate of drug-likeness (QED) is 0.803. The molecular weight excluding hydrogens is 345 g/mol. The number of aromatic nitrogens is 2. The summed E-state index contributed by atoms with van der Waals surface area (Å²) in [5, 5.41) is 3.33. The van der Waals surface area contributed by atoms with Crippen LogP contribution >= 0.6 is 34.4 Å². The second kappa shape index (κ2) is 6.78. The van der Waals surface area contributed by atoms with Gasteiger partial charge in [-0.1, -0.05) is 27.7 Å². The third-order valence-electron chi connectivity index (χ3n) is 1.97. The van der Waals surface area contributed by atoms with Gasteiger partial charge in [0.1, 0.15) is 11.6 Å². The van der Waals surface area contributed by atoms with E-state index in [2.05, 4.69) is 65.6 Å². The molecule has 0 radical (unpaired) electrons. The van der Waals surface area contributed by atoms with E-state index >= 15 is 0 Å². The first kappa shape index (κ1) is 15.0. The predicted octanol–water partition coefficient (Wildman–Crippen LogP) is 3.93. The predicted molar refractivity (Wildman–Crippen MR) is 84.6 cm³/mol. The van der Waals surface area contributed by atoms with Crippen molar-refractivity contribution >= 4 is 40.2 Å². The van der Waals surface area contributed by atoms with Crippen LogP contribution < -0.4 is 5.32 Å². The van der Waals surface area contributed by atoms with Crippen molar-refractivity contribution < 1.29 is 0 Å². The molecule has 0 bridgehead atoms. The molecule has 5 heteroatoms. The van der Waals surface area contributed by atoms with Crippen molar-refractivity contribution in [3.63, 3.8) is 0 Å². The highest BCUT2D eigenvalue weighted by Crippen LogP contribution is 2.26. The first-order chi connectivity index (χ1) is 7.92. The van der Waals surface area contributed by atoms with E-state index in [-0.39, 0.29) is 4.75 Å². The molecule has 1 rings (SSSR count). The molecule has 0 unspecified atom stereocenters. The molecule has 0 spiro atoms. The summed E-state index contributed by atoms with van der Waals surface area (Å²) in [5.41, 5.74) is 0. The highest BCUT2D eigenvalue weighted by Gasteiger charge is 2.12. The van der Waals surface area contributed by atoms with Gasteiger partial charge in [-0.15, -0.1) is 11.8 Å². The monoisotopic (exact) mass is 365 g/mol. The van der Waals surface area contributed by atoms with Crippen molar-refractivity contribution in [3.8, 4) is 0 Å². The fourth-order valence-corrected chi connectivity index (χ4v) is 2.27. The Kier molecular flexibility index (Phi) is 5.99. The zero-order valence-electron chi connectivity index (χ0n) is 10.9. The molecule has 17 heavy (non-hydrogen) atoms. The number of anilines is 1. The lowest BCUT2D eigenvalue weighted by atomic mass is 10.3. The SMILES string of the molecule is CCCNc1nc(CSC(C)(C)C)ncc1I. The van der Waals surface area contributed by atoms with Gasteiger partial charge in [-0.05, 0) is 29.0 Å². The van der Waals surface area contributed by atoms with Crippen molar-refractivity contribution in [2.75, 3.05) is 11.9 Å². The van der Waals surface area contributed by atoms with Crippen LogP contribution in [0, 0.1) is 3.57 Å². The Hall–Kier alpha value is -0.0400. The second-order valence-electron chi connectivity index (χ2n) is 4.81. The summed E-state index contributed by atoms with van der Waals surface area (Å²) < 4.78 is 1.34.